The summed E-state index contributed by atoms with van der Waals surface area (Å²) in [6.45, 7) is 1.90. The first-order chi connectivity index (χ1) is 14.0. The Morgan fingerprint density at radius 3 is 2.52 bits per heavy atom. The molecule has 1 N–H and O–H groups in total. The smallest absolute Gasteiger partial charge is 0.282 e. The normalized spacial score (nSPS) is 14.0. The standard InChI is InChI=1S/C22H17ClN2O3S/c1-13-9-10-14(12-15(13)23)24-20-19(18-8-5-11-29-18)21(26)25(22(20)27)16-6-3-4-7-17(16)28-2/h3-12,24H,1-2H3. The van der Waals surface area contributed by atoms with E-state index in [4.69, 9.17) is 16.3 Å². The molecule has 1 aliphatic rings. The monoisotopic (exact) mass is 424 g/mol. The summed E-state index contributed by atoms with van der Waals surface area (Å²) in [6.07, 6.45) is 0. The van der Waals surface area contributed by atoms with Gasteiger partial charge in [0.2, 0.25) is 0 Å². The third-order valence-corrected chi connectivity index (χ3v) is 5.91. The average Bonchev–Trinajstić information content (AvgIpc) is 3.32. The lowest BCUT2D eigenvalue weighted by Gasteiger charge is -2.18. The van der Waals surface area contributed by atoms with E-state index in [1.165, 1.54) is 18.4 Å². The number of carbonyl (C=O) groups is 2. The van der Waals surface area contributed by atoms with E-state index in [1.807, 2.05) is 36.6 Å². The Morgan fingerprint density at radius 2 is 1.83 bits per heavy atom. The number of halogens is 1. The lowest BCUT2D eigenvalue weighted by molar-refractivity contribution is -0.120. The van der Waals surface area contributed by atoms with Crippen molar-refractivity contribution in [2.75, 3.05) is 17.3 Å². The van der Waals surface area contributed by atoms with Crippen molar-refractivity contribution in [3.8, 4) is 5.75 Å². The number of hydrogen-bond acceptors (Lipinski definition) is 5. The van der Waals surface area contributed by atoms with E-state index in [0.717, 1.165) is 10.5 Å². The van der Waals surface area contributed by atoms with Gasteiger partial charge in [-0.25, -0.2) is 4.90 Å². The predicted molar refractivity (Wildman–Crippen MR) is 117 cm³/mol. The molecule has 2 amide bonds. The first-order valence-electron chi connectivity index (χ1n) is 8.84. The van der Waals surface area contributed by atoms with Crippen LogP contribution in [0.4, 0.5) is 11.4 Å². The molecule has 0 spiro atoms. The van der Waals surface area contributed by atoms with Crippen LogP contribution in [0.3, 0.4) is 0 Å². The molecule has 1 aliphatic heterocycles. The average molecular weight is 425 g/mol. The van der Waals surface area contributed by atoms with Gasteiger partial charge in [-0.15, -0.1) is 11.3 Å². The number of anilines is 2. The Morgan fingerprint density at radius 1 is 1.03 bits per heavy atom. The van der Waals surface area contributed by atoms with E-state index in [-0.39, 0.29) is 5.70 Å². The molecular weight excluding hydrogens is 408 g/mol. The molecule has 2 aromatic carbocycles. The summed E-state index contributed by atoms with van der Waals surface area (Å²) >= 11 is 7.63. The van der Waals surface area contributed by atoms with E-state index in [2.05, 4.69) is 5.32 Å². The molecule has 2 heterocycles. The van der Waals surface area contributed by atoms with Gasteiger partial charge in [-0.1, -0.05) is 35.9 Å². The van der Waals surface area contributed by atoms with Crippen molar-refractivity contribution in [1.29, 1.82) is 0 Å². The topological polar surface area (TPSA) is 58.6 Å². The lowest BCUT2D eigenvalue weighted by atomic mass is 10.1. The molecule has 0 bridgehead atoms. The number of amides is 2. The highest BCUT2D eigenvalue weighted by molar-refractivity contribution is 7.11. The molecule has 0 saturated heterocycles. The van der Waals surface area contributed by atoms with Gasteiger partial charge in [-0.05, 0) is 48.2 Å². The minimum atomic E-state index is -0.445. The SMILES string of the molecule is COc1ccccc1N1C(=O)C(Nc2ccc(C)c(Cl)c2)=C(c2cccs2)C1=O. The van der Waals surface area contributed by atoms with Gasteiger partial charge in [0.05, 0.1) is 18.4 Å². The summed E-state index contributed by atoms with van der Waals surface area (Å²) in [6, 6.07) is 16.0. The van der Waals surface area contributed by atoms with Crippen LogP contribution in [0, 0.1) is 6.92 Å². The minimum absolute atomic E-state index is 0.211. The van der Waals surface area contributed by atoms with Crippen molar-refractivity contribution in [1.82, 2.24) is 0 Å². The number of ether oxygens (including phenoxy) is 1. The fourth-order valence-electron chi connectivity index (χ4n) is 3.14. The lowest BCUT2D eigenvalue weighted by Crippen LogP contribution is -2.32. The van der Waals surface area contributed by atoms with E-state index in [1.54, 1.807) is 30.3 Å². The fourth-order valence-corrected chi connectivity index (χ4v) is 4.09. The Labute approximate surface area is 177 Å². The van der Waals surface area contributed by atoms with Crippen LogP contribution in [0.25, 0.3) is 5.57 Å². The number of hydrogen-bond donors (Lipinski definition) is 1. The Balaban J connectivity index is 1.82. The first kappa shape index (κ1) is 19.2. The second-order valence-corrected chi connectivity index (χ2v) is 7.79. The van der Waals surface area contributed by atoms with E-state index in [0.29, 0.717) is 32.6 Å². The highest BCUT2D eigenvalue weighted by Gasteiger charge is 2.41. The number of carbonyl (C=O) groups excluding carboxylic acids is 2. The summed E-state index contributed by atoms with van der Waals surface area (Å²) in [5.74, 6) is -0.401. The zero-order valence-electron chi connectivity index (χ0n) is 15.7. The fraction of sp³-hybridized carbons (Fsp3) is 0.0909. The largest absolute Gasteiger partial charge is 0.495 e. The maximum absolute atomic E-state index is 13.3. The van der Waals surface area contributed by atoms with Crippen molar-refractivity contribution in [2.45, 2.75) is 6.92 Å². The first-order valence-corrected chi connectivity index (χ1v) is 10.1. The highest BCUT2D eigenvalue weighted by Crippen LogP contribution is 2.39. The number of imide groups is 1. The number of rotatable bonds is 5. The molecule has 0 atom stereocenters. The summed E-state index contributed by atoms with van der Waals surface area (Å²) in [7, 11) is 1.50. The molecule has 0 radical (unpaired) electrons. The van der Waals surface area contributed by atoms with Crippen LogP contribution in [-0.2, 0) is 9.59 Å². The quantitative estimate of drug-likeness (QED) is 0.578. The zero-order chi connectivity index (χ0) is 20.5. The molecule has 0 fully saturated rings. The number of thiophene rings is 1. The molecule has 5 nitrogen and oxygen atoms in total. The van der Waals surface area contributed by atoms with E-state index in [9.17, 15) is 9.59 Å². The number of nitrogens with zero attached hydrogens (tertiary/aromatic N) is 1. The van der Waals surface area contributed by atoms with E-state index < -0.39 is 11.8 Å². The maximum atomic E-state index is 13.3. The summed E-state index contributed by atoms with van der Waals surface area (Å²) in [5, 5.41) is 5.56. The molecule has 7 heteroatoms. The van der Waals surface area contributed by atoms with Gasteiger partial charge in [0.15, 0.2) is 0 Å². The molecular formula is C22H17ClN2O3S. The zero-order valence-corrected chi connectivity index (χ0v) is 17.3. The van der Waals surface area contributed by atoms with Crippen LogP contribution in [-0.4, -0.2) is 18.9 Å². The molecule has 0 unspecified atom stereocenters. The van der Waals surface area contributed by atoms with Crippen molar-refractivity contribution in [2.24, 2.45) is 0 Å². The van der Waals surface area contributed by atoms with Crippen LogP contribution in [0.1, 0.15) is 10.4 Å². The number of benzene rings is 2. The van der Waals surface area contributed by atoms with Gasteiger partial charge in [-0.2, -0.15) is 0 Å². The Bertz CT molecular complexity index is 1140. The van der Waals surface area contributed by atoms with E-state index >= 15 is 0 Å². The molecule has 3 aromatic rings. The van der Waals surface area contributed by atoms with Crippen molar-refractivity contribution < 1.29 is 14.3 Å². The van der Waals surface area contributed by atoms with Crippen LogP contribution in [0.2, 0.25) is 5.02 Å². The molecule has 1 aromatic heterocycles. The molecule has 4 rings (SSSR count). The summed E-state index contributed by atoms with van der Waals surface area (Å²) in [4.78, 5) is 28.5. The van der Waals surface area contributed by atoms with Gasteiger partial charge in [-0.3, -0.25) is 9.59 Å². The third kappa shape index (κ3) is 3.41. The molecule has 0 saturated carbocycles. The third-order valence-electron chi connectivity index (χ3n) is 4.62. The van der Waals surface area contributed by atoms with Crippen LogP contribution >= 0.6 is 22.9 Å². The van der Waals surface area contributed by atoms with Crippen molar-refractivity contribution >= 4 is 51.7 Å². The highest BCUT2D eigenvalue weighted by atomic mass is 35.5. The van der Waals surface area contributed by atoms with Gasteiger partial charge in [0.25, 0.3) is 11.8 Å². The number of methoxy groups -OCH3 is 1. The maximum Gasteiger partial charge on any atom is 0.282 e. The number of nitrogens with one attached hydrogen (secondary N) is 1. The minimum Gasteiger partial charge on any atom is -0.495 e. The predicted octanol–water partition coefficient (Wildman–Crippen LogP) is 5.12. The second kappa shape index (κ2) is 7.73. The Hall–Kier alpha value is -3.09. The Kier molecular flexibility index (Phi) is 5.13. The van der Waals surface area contributed by atoms with Gasteiger partial charge in [0.1, 0.15) is 11.4 Å². The van der Waals surface area contributed by atoms with Gasteiger partial charge in [0, 0.05) is 15.6 Å². The van der Waals surface area contributed by atoms with Crippen molar-refractivity contribution in [3.05, 3.63) is 81.1 Å². The number of para-hydroxylation sites is 2. The number of aryl methyl sites for hydroxylation is 1. The summed E-state index contributed by atoms with van der Waals surface area (Å²) < 4.78 is 5.36. The molecule has 29 heavy (non-hydrogen) atoms. The molecule has 146 valence electrons. The van der Waals surface area contributed by atoms with Crippen LogP contribution in [0.15, 0.2) is 65.7 Å². The van der Waals surface area contributed by atoms with Gasteiger partial charge < -0.3 is 10.1 Å². The summed E-state index contributed by atoms with van der Waals surface area (Å²) in [5.41, 5.74) is 2.50. The van der Waals surface area contributed by atoms with Gasteiger partial charge >= 0.3 is 0 Å². The van der Waals surface area contributed by atoms with Crippen LogP contribution in [0.5, 0.6) is 5.75 Å². The molecule has 0 aliphatic carbocycles. The van der Waals surface area contributed by atoms with Crippen molar-refractivity contribution in [3.63, 3.8) is 0 Å². The second-order valence-electron chi connectivity index (χ2n) is 6.43. The van der Waals surface area contributed by atoms with Crippen LogP contribution < -0.4 is 15.0 Å².